The van der Waals surface area contributed by atoms with Gasteiger partial charge in [-0.05, 0) is 48.5 Å². The maximum absolute atomic E-state index is 12.8. The molecule has 0 heterocycles. The summed E-state index contributed by atoms with van der Waals surface area (Å²) in [5, 5.41) is 8.70. The largest absolute Gasteiger partial charge is 0.311 e. The molecule has 94 valence electrons. The number of nitrogens with zero attached hydrogens (tertiary/aromatic N) is 2. The number of halogens is 1. The fourth-order valence-electron chi connectivity index (χ4n) is 1.66. The highest BCUT2D eigenvalue weighted by atomic mass is 19.1. The summed E-state index contributed by atoms with van der Waals surface area (Å²) >= 11 is 0. The van der Waals surface area contributed by atoms with Gasteiger partial charge in [-0.3, -0.25) is 4.79 Å². The Bertz CT molecular complexity index is 627. The molecule has 0 unspecified atom stereocenters. The summed E-state index contributed by atoms with van der Waals surface area (Å²) < 4.78 is 12.8. The lowest BCUT2D eigenvalue weighted by atomic mass is 10.1. The van der Waals surface area contributed by atoms with Crippen LogP contribution in [-0.2, 0) is 0 Å². The predicted molar refractivity (Wildman–Crippen MR) is 70.3 cm³/mol. The smallest absolute Gasteiger partial charge is 0.258 e. The van der Waals surface area contributed by atoms with E-state index in [2.05, 4.69) is 0 Å². The number of carbonyl (C=O) groups excluding carboxylic acids is 1. The lowest BCUT2D eigenvalue weighted by Crippen LogP contribution is -2.26. The van der Waals surface area contributed by atoms with E-state index in [0.29, 0.717) is 16.8 Å². The first-order chi connectivity index (χ1) is 9.11. The third-order valence-electron chi connectivity index (χ3n) is 2.78. The van der Waals surface area contributed by atoms with Crippen molar-refractivity contribution < 1.29 is 9.18 Å². The standard InChI is InChI=1S/C15H11FN2O/c1-18(14-8-6-13(16)7-9-14)15(19)12-4-2-11(10-17)3-5-12/h2-9H,1H3. The van der Waals surface area contributed by atoms with Crippen molar-refractivity contribution in [2.24, 2.45) is 0 Å². The predicted octanol–water partition coefficient (Wildman–Crippen LogP) is 2.97. The van der Waals surface area contributed by atoms with Gasteiger partial charge in [0.15, 0.2) is 0 Å². The molecular weight excluding hydrogens is 243 g/mol. The van der Waals surface area contributed by atoms with Crippen LogP contribution in [0, 0.1) is 17.1 Å². The maximum atomic E-state index is 12.8. The van der Waals surface area contributed by atoms with Gasteiger partial charge in [0.2, 0.25) is 0 Å². The molecule has 0 aromatic heterocycles. The zero-order valence-corrected chi connectivity index (χ0v) is 10.3. The first-order valence-electron chi connectivity index (χ1n) is 5.65. The lowest BCUT2D eigenvalue weighted by molar-refractivity contribution is 0.0993. The summed E-state index contributed by atoms with van der Waals surface area (Å²) in [5.74, 6) is -0.556. The fourth-order valence-corrected chi connectivity index (χ4v) is 1.66. The summed E-state index contributed by atoms with van der Waals surface area (Å²) in [6.45, 7) is 0. The average molecular weight is 254 g/mol. The van der Waals surface area contributed by atoms with Gasteiger partial charge >= 0.3 is 0 Å². The molecule has 2 aromatic carbocycles. The number of rotatable bonds is 2. The van der Waals surface area contributed by atoms with Gasteiger partial charge in [-0.25, -0.2) is 4.39 Å². The molecule has 4 heteroatoms. The van der Waals surface area contributed by atoms with Crippen molar-refractivity contribution in [3.63, 3.8) is 0 Å². The molecule has 0 aliphatic rings. The summed E-state index contributed by atoms with van der Waals surface area (Å²) in [5.41, 5.74) is 1.59. The molecule has 0 atom stereocenters. The highest BCUT2D eigenvalue weighted by Gasteiger charge is 2.13. The molecule has 0 saturated carbocycles. The Morgan fingerprint density at radius 1 is 1.11 bits per heavy atom. The minimum atomic E-state index is -0.344. The minimum Gasteiger partial charge on any atom is -0.311 e. The first kappa shape index (κ1) is 12.8. The normalized spacial score (nSPS) is 9.74. The molecule has 2 rings (SSSR count). The number of amides is 1. The number of hydrogen-bond acceptors (Lipinski definition) is 2. The number of hydrogen-bond donors (Lipinski definition) is 0. The van der Waals surface area contributed by atoms with Crippen LogP contribution in [0.1, 0.15) is 15.9 Å². The van der Waals surface area contributed by atoms with Gasteiger partial charge in [0.25, 0.3) is 5.91 Å². The van der Waals surface area contributed by atoms with E-state index in [-0.39, 0.29) is 11.7 Å². The summed E-state index contributed by atoms with van der Waals surface area (Å²) in [6.07, 6.45) is 0. The number of benzene rings is 2. The van der Waals surface area contributed by atoms with Crippen LogP contribution in [0.3, 0.4) is 0 Å². The molecule has 2 aromatic rings. The van der Waals surface area contributed by atoms with Gasteiger partial charge in [-0.2, -0.15) is 5.26 Å². The van der Waals surface area contributed by atoms with E-state index in [9.17, 15) is 9.18 Å². The van der Waals surface area contributed by atoms with Crippen LogP contribution in [0.4, 0.5) is 10.1 Å². The summed E-state index contributed by atoms with van der Waals surface area (Å²) in [6, 6.07) is 14.1. The molecule has 19 heavy (non-hydrogen) atoms. The second-order valence-corrected chi connectivity index (χ2v) is 4.03. The molecule has 3 nitrogen and oxygen atoms in total. The van der Waals surface area contributed by atoms with Crippen molar-refractivity contribution in [2.45, 2.75) is 0 Å². The first-order valence-corrected chi connectivity index (χ1v) is 5.65. The van der Waals surface area contributed by atoms with E-state index in [4.69, 9.17) is 5.26 Å². The lowest BCUT2D eigenvalue weighted by Gasteiger charge is -2.17. The number of anilines is 1. The molecule has 0 radical (unpaired) electrons. The zero-order valence-electron chi connectivity index (χ0n) is 10.3. The third-order valence-corrected chi connectivity index (χ3v) is 2.78. The van der Waals surface area contributed by atoms with E-state index >= 15 is 0 Å². The molecule has 0 aliphatic carbocycles. The maximum Gasteiger partial charge on any atom is 0.258 e. The van der Waals surface area contributed by atoms with E-state index < -0.39 is 0 Å². The van der Waals surface area contributed by atoms with Crippen molar-refractivity contribution in [1.29, 1.82) is 5.26 Å². The average Bonchev–Trinajstić information content (AvgIpc) is 2.46. The van der Waals surface area contributed by atoms with E-state index in [0.717, 1.165) is 0 Å². The van der Waals surface area contributed by atoms with Crippen molar-refractivity contribution in [1.82, 2.24) is 0 Å². The Kier molecular flexibility index (Phi) is 3.58. The topological polar surface area (TPSA) is 44.1 Å². The van der Waals surface area contributed by atoms with Crippen LogP contribution in [0.5, 0.6) is 0 Å². The van der Waals surface area contributed by atoms with Crippen LogP contribution >= 0.6 is 0 Å². The van der Waals surface area contributed by atoms with Crippen LogP contribution in [0.25, 0.3) is 0 Å². The van der Waals surface area contributed by atoms with Gasteiger partial charge in [0, 0.05) is 18.3 Å². The number of carbonyl (C=O) groups is 1. The van der Waals surface area contributed by atoms with E-state index in [1.165, 1.54) is 29.2 Å². The highest BCUT2D eigenvalue weighted by Crippen LogP contribution is 2.16. The molecule has 0 spiro atoms. The Hall–Kier alpha value is -2.67. The molecular formula is C15H11FN2O. The fraction of sp³-hybridized carbons (Fsp3) is 0.0667. The Labute approximate surface area is 110 Å². The van der Waals surface area contributed by atoms with Crippen molar-refractivity contribution in [3.05, 3.63) is 65.5 Å². The van der Waals surface area contributed by atoms with Crippen molar-refractivity contribution in [2.75, 3.05) is 11.9 Å². The molecule has 0 saturated heterocycles. The molecule has 0 aliphatic heterocycles. The van der Waals surface area contributed by atoms with Crippen molar-refractivity contribution >= 4 is 11.6 Å². The number of nitriles is 1. The van der Waals surface area contributed by atoms with Crippen LogP contribution in [0.2, 0.25) is 0 Å². The summed E-state index contributed by atoms with van der Waals surface area (Å²) in [7, 11) is 1.62. The third kappa shape index (κ3) is 2.78. The van der Waals surface area contributed by atoms with E-state index in [1.807, 2.05) is 6.07 Å². The van der Waals surface area contributed by atoms with Gasteiger partial charge < -0.3 is 4.90 Å². The second kappa shape index (κ2) is 5.32. The monoisotopic (exact) mass is 254 g/mol. The Balaban J connectivity index is 2.23. The second-order valence-electron chi connectivity index (χ2n) is 4.03. The zero-order chi connectivity index (χ0) is 13.8. The molecule has 0 N–H and O–H groups in total. The van der Waals surface area contributed by atoms with Gasteiger partial charge in [-0.15, -0.1) is 0 Å². The van der Waals surface area contributed by atoms with Crippen LogP contribution in [-0.4, -0.2) is 13.0 Å². The minimum absolute atomic E-state index is 0.212. The van der Waals surface area contributed by atoms with Gasteiger partial charge in [0.1, 0.15) is 5.82 Å². The Morgan fingerprint density at radius 2 is 1.68 bits per heavy atom. The van der Waals surface area contributed by atoms with Crippen LogP contribution < -0.4 is 4.90 Å². The van der Waals surface area contributed by atoms with E-state index in [1.54, 1.807) is 31.3 Å². The van der Waals surface area contributed by atoms with Gasteiger partial charge in [0.05, 0.1) is 11.6 Å². The van der Waals surface area contributed by atoms with Crippen molar-refractivity contribution in [3.8, 4) is 6.07 Å². The SMILES string of the molecule is CN(C(=O)c1ccc(C#N)cc1)c1ccc(F)cc1. The molecule has 1 amide bonds. The molecule has 0 fully saturated rings. The molecule has 0 bridgehead atoms. The highest BCUT2D eigenvalue weighted by molar-refractivity contribution is 6.05. The van der Waals surface area contributed by atoms with Crippen LogP contribution in [0.15, 0.2) is 48.5 Å². The van der Waals surface area contributed by atoms with Gasteiger partial charge in [-0.1, -0.05) is 0 Å². The quantitative estimate of drug-likeness (QED) is 0.827. The Morgan fingerprint density at radius 3 is 2.21 bits per heavy atom. The summed E-state index contributed by atoms with van der Waals surface area (Å²) in [4.78, 5) is 13.6.